The molecule has 0 bridgehead atoms. The number of nitrogens with zero attached hydrogens (tertiary/aromatic N) is 1. The van der Waals surface area contributed by atoms with Gasteiger partial charge in [0.25, 0.3) is 0 Å². The lowest BCUT2D eigenvalue weighted by Gasteiger charge is -2.21. The number of thiophene rings is 1. The molecular formula is C13H16N2O4S. The van der Waals surface area contributed by atoms with E-state index in [1.54, 1.807) is 32.2 Å². The molecule has 1 heterocycles. The van der Waals surface area contributed by atoms with Crippen LogP contribution >= 0.6 is 11.3 Å². The Labute approximate surface area is 121 Å². The van der Waals surface area contributed by atoms with Crippen LogP contribution in [0.15, 0.2) is 11.4 Å². The van der Waals surface area contributed by atoms with Crippen LogP contribution in [0, 0.1) is 11.3 Å². The van der Waals surface area contributed by atoms with Gasteiger partial charge in [-0.2, -0.15) is 5.26 Å². The number of nitriles is 1. The summed E-state index contributed by atoms with van der Waals surface area (Å²) >= 11 is 1.23. The van der Waals surface area contributed by atoms with Gasteiger partial charge in [0.2, 0.25) is 0 Å². The van der Waals surface area contributed by atoms with Crippen LogP contribution < -0.4 is 5.32 Å². The van der Waals surface area contributed by atoms with E-state index in [-0.39, 0.29) is 6.42 Å². The van der Waals surface area contributed by atoms with E-state index in [9.17, 15) is 9.59 Å². The van der Waals surface area contributed by atoms with E-state index in [2.05, 4.69) is 5.32 Å². The molecule has 0 radical (unpaired) electrons. The first-order valence-corrected chi connectivity index (χ1v) is 6.79. The summed E-state index contributed by atoms with van der Waals surface area (Å²) in [5.74, 6) is -1.15. The molecule has 1 amide bonds. The molecule has 0 aliphatic rings. The molecule has 108 valence electrons. The maximum absolute atomic E-state index is 11.6. The van der Waals surface area contributed by atoms with Crippen molar-refractivity contribution in [3.63, 3.8) is 0 Å². The molecule has 0 unspecified atom stereocenters. The van der Waals surface area contributed by atoms with E-state index < -0.39 is 23.7 Å². The molecular weight excluding hydrogens is 280 g/mol. The third-order valence-corrected chi connectivity index (χ3v) is 3.08. The monoisotopic (exact) mass is 296 g/mol. The molecule has 1 rings (SSSR count). The van der Waals surface area contributed by atoms with Crippen LogP contribution in [0.2, 0.25) is 0 Å². The molecule has 1 aromatic rings. The fourth-order valence-electron chi connectivity index (χ4n) is 1.43. The van der Waals surface area contributed by atoms with Crippen LogP contribution in [0.3, 0.4) is 0 Å². The largest absolute Gasteiger partial charge is 0.480 e. The van der Waals surface area contributed by atoms with Gasteiger partial charge in [-0.3, -0.25) is 0 Å². The third kappa shape index (κ3) is 5.28. The lowest BCUT2D eigenvalue weighted by atomic mass is 10.1. The number of carboxylic acids is 1. The van der Waals surface area contributed by atoms with Crippen molar-refractivity contribution >= 4 is 23.4 Å². The van der Waals surface area contributed by atoms with Crippen molar-refractivity contribution in [1.82, 2.24) is 5.32 Å². The zero-order chi connectivity index (χ0) is 15.3. The number of nitrogens with one attached hydrogen (secondary N) is 1. The van der Waals surface area contributed by atoms with Gasteiger partial charge in [-0.15, -0.1) is 11.3 Å². The summed E-state index contributed by atoms with van der Waals surface area (Å²) in [6.45, 7) is 5.08. The minimum absolute atomic E-state index is 0.104. The quantitative estimate of drug-likeness (QED) is 0.886. The Kier molecular flexibility index (Phi) is 5.11. The Balaban J connectivity index is 2.68. The van der Waals surface area contributed by atoms with E-state index in [0.29, 0.717) is 10.4 Å². The van der Waals surface area contributed by atoms with Crippen molar-refractivity contribution in [2.45, 2.75) is 38.8 Å². The fraction of sp³-hybridized carbons (Fsp3) is 0.462. The number of hydrogen-bond acceptors (Lipinski definition) is 5. The predicted octanol–water partition coefficient (Wildman–Crippen LogP) is 2.14. The van der Waals surface area contributed by atoms with Crippen molar-refractivity contribution in [1.29, 1.82) is 5.26 Å². The first-order chi connectivity index (χ1) is 9.21. The van der Waals surface area contributed by atoms with Crippen LogP contribution in [0.25, 0.3) is 0 Å². The number of rotatable bonds is 4. The van der Waals surface area contributed by atoms with E-state index in [1.165, 1.54) is 11.3 Å². The Hall–Kier alpha value is -2.07. The van der Waals surface area contributed by atoms with Gasteiger partial charge in [-0.05, 0) is 37.8 Å². The van der Waals surface area contributed by atoms with Gasteiger partial charge in [-0.1, -0.05) is 0 Å². The van der Waals surface area contributed by atoms with Crippen LogP contribution in [-0.4, -0.2) is 28.8 Å². The maximum Gasteiger partial charge on any atom is 0.408 e. The molecule has 0 aliphatic carbocycles. The van der Waals surface area contributed by atoms with Crippen molar-refractivity contribution in [2.75, 3.05) is 0 Å². The minimum atomic E-state index is -1.15. The average Bonchev–Trinajstić information content (AvgIpc) is 2.73. The number of hydrogen-bond donors (Lipinski definition) is 2. The van der Waals surface area contributed by atoms with Gasteiger partial charge < -0.3 is 15.2 Å². The number of ether oxygens (including phenoxy) is 1. The van der Waals surface area contributed by atoms with Crippen molar-refractivity contribution in [3.05, 3.63) is 21.9 Å². The molecule has 7 heteroatoms. The van der Waals surface area contributed by atoms with Gasteiger partial charge in [0.1, 0.15) is 22.6 Å². The molecule has 6 nitrogen and oxygen atoms in total. The first-order valence-electron chi connectivity index (χ1n) is 5.91. The molecule has 1 aromatic heterocycles. The smallest absolute Gasteiger partial charge is 0.408 e. The summed E-state index contributed by atoms with van der Waals surface area (Å²) in [7, 11) is 0. The fourth-order valence-corrected chi connectivity index (χ4v) is 2.14. The highest BCUT2D eigenvalue weighted by Crippen LogP contribution is 2.15. The predicted molar refractivity (Wildman–Crippen MR) is 73.5 cm³/mol. The van der Waals surface area contributed by atoms with Crippen molar-refractivity contribution in [2.24, 2.45) is 0 Å². The molecule has 0 fully saturated rings. The molecule has 2 N–H and O–H groups in total. The first kappa shape index (κ1) is 16.0. The Morgan fingerprint density at radius 1 is 1.55 bits per heavy atom. The van der Waals surface area contributed by atoms with E-state index in [1.807, 2.05) is 6.07 Å². The maximum atomic E-state index is 11.6. The summed E-state index contributed by atoms with van der Waals surface area (Å²) in [5, 5.41) is 21.8. The second kappa shape index (κ2) is 6.39. The van der Waals surface area contributed by atoms with Gasteiger partial charge in [0.15, 0.2) is 0 Å². The molecule has 0 aromatic carbocycles. The summed E-state index contributed by atoms with van der Waals surface area (Å²) in [6, 6.07) is 2.50. The zero-order valence-electron chi connectivity index (χ0n) is 11.5. The molecule has 0 saturated heterocycles. The normalized spacial score (nSPS) is 12.3. The van der Waals surface area contributed by atoms with Crippen LogP contribution in [0.4, 0.5) is 4.79 Å². The van der Waals surface area contributed by atoms with Gasteiger partial charge in [0.05, 0.1) is 0 Å². The Morgan fingerprint density at radius 2 is 2.20 bits per heavy atom. The number of amides is 1. The Bertz CT molecular complexity index is 539. The van der Waals surface area contributed by atoms with E-state index in [4.69, 9.17) is 15.1 Å². The van der Waals surface area contributed by atoms with Gasteiger partial charge >= 0.3 is 12.1 Å². The highest BCUT2D eigenvalue weighted by molar-refractivity contribution is 7.10. The van der Waals surface area contributed by atoms with Crippen LogP contribution in [0.1, 0.15) is 31.2 Å². The molecule has 20 heavy (non-hydrogen) atoms. The Morgan fingerprint density at radius 3 is 2.65 bits per heavy atom. The second-order valence-electron chi connectivity index (χ2n) is 5.17. The number of carboxylic acid groups (broad SMARTS) is 1. The van der Waals surface area contributed by atoms with Crippen LogP contribution in [0.5, 0.6) is 0 Å². The SMILES string of the molecule is CC(C)(C)OC(=O)N[C@@H](Cc1csc(C#N)c1)C(=O)O. The molecule has 0 saturated carbocycles. The topological polar surface area (TPSA) is 99.4 Å². The van der Waals surface area contributed by atoms with E-state index >= 15 is 0 Å². The van der Waals surface area contributed by atoms with Crippen molar-refractivity contribution < 1.29 is 19.4 Å². The standard InChI is InChI=1S/C13H16N2O4S/c1-13(2,3)19-12(18)15-10(11(16)17)5-8-4-9(6-14)20-7-8/h4,7,10H,5H2,1-3H3,(H,15,18)(H,16,17)/t10-/m0/s1. The zero-order valence-corrected chi connectivity index (χ0v) is 12.3. The molecule has 0 spiro atoms. The third-order valence-electron chi connectivity index (χ3n) is 2.19. The van der Waals surface area contributed by atoms with Gasteiger partial charge in [0, 0.05) is 6.42 Å². The summed E-state index contributed by atoms with van der Waals surface area (Å²) in [5.41, 5.74) is -0.00115. The average molecular weight is 296 g/mol. The van der Waals surface area contributed by atoms with Crippen LogP contribution in [-0.2, 0) is 16.0 Å². The lowest BCUT2D eigenvalue weighted by molar-refractivity contribution is -0.139. The molecule has 1 atom stereocenters. The second-order valence-corrected chi connectivity index (χ2v) is 6.08. The van der Waals surface area contributed by atoms with Crippen molar-refractivity contribution in [3.8, 4) is 6.07 Å². The number of carbonyl (C=O) groups excluding carboxylic acids is 1. The minimum Gasteiger partial charge on any atom is -0.480 e. The molecule has 0 aliphatic heterocycles. The number of aliphatic carboxylic acids is 1. The summed E-state index contributed by atoms with van der Waals surface area (Å²) in [6.07, 6.45) is -0.673. The highest BCUT2D eigenvalue weighted by atomic mass is 32.1. The lowest BCUT2D eigenvalue weighted by Crippen LogP contribution is -2.44. The summed E-state index contributed by atoms with van der Waals surface area (Å²) in [4.78, 5) is 23.2. The number of alkyl carbamates (subject to hydrolysis) is 1. The summed E-state index contributed by atoms with van der Waals surface area (Å²) < 4.78 is 5.02. The van der Waals surface area contributed by atoms with Gasteiger partial charge in [-0.25, -0.2) is 9.59 Å². The highest BCUT2D eigenvalue weighted by Gasteiger charge is 2.24. The number of carbonyl (C=O) groups is 2. The van der Waals surface area contributed by atoms with E-state index in [0.717, 1.165) is 0 Å².